The highest BCUT2D eigenvalue weighted by molar-refractivity contribution is 5.76. The van der Waals surface area contributed by atoms with Gasteiger partial charge in [0.05, 0.1) is 0 Å². The first-order valence-corrected chi connectivity index (χ1v) is 7.53. The van der Waals surface area contributed by atoms with Crippen LogP contribution in [0.25, 0.3) is 0 Å². The zero-order valence-electron chi connectivity index (χ0n) is 13.0. The van der Waals surface area contributed by atoms with Crippen molar-refractivity contribution in [3.05, 3.63) is 0 Å². The van der Waals surface area contributed by atoms with Crippen molar-refractivity contribution in [2.75, 3.05) is 26.7 Å². The second-order valence-corrected chi connectivity index (χ2v) is 6.80. The van der Waals surface area contributed by atoms with Crippen molar-refractivity contribution in [3.8, 4) is 0 Å². The number of nitrogens with zero attached hydrogens (tertiary/aromatic N) is 1. The zero-order valence-corrected chi connectivity index (χ0v) is 13.0. The molecule has 0 spiro atoms. The molecule has 1 heterocycles. The molecule has 0 aromatic rings. The molecule has 1 fully saturated rings. The Balaban J connectivity index is 2.57. The maximum atomic E-state index is 11.5. The summed E-state index contributed by atoms with van der Waals surface area (Å²) in [6, 6.07) is 0.193. The summed E-state index contributed by atoms with van der Waals surface area (Å²) >= 11 is 0. The van der Waals surface area contributed by atoms with Gasteiger partial charge in [-0.1, -0.05) is 20.8 Å². The number of nitrogens with one attached hydrogen (secondary N) is 1. The second-order valence-electron chi connectivity index (χ2n) is 6.80. The fraction of sp³-hybridized carbons (Fsp3) is 0.933. The van der Waals surface area contributed by atoms with Crippen LogP contribution < -0.4 is 11.1 Å². The van der Waals surface area contributed by atoms with Crippen molar-refractivity contribution in [1.29, 1.82) is 0 Å². The van der Waals surface area contributed by atoms with Gasteiger partial charge in [0.1, 0.15) is 0 Å². The molecule has 0 aliphatic carbocycles. The molecule has 1 aliphatic rings. The Morgan fingerprint density at radius 1 is 1.37 bits per heavy atom. The third kappa shape index (κ3) is 5.11. The first kappa shape index (κ1) is 16.4. The van der Waals surface area contributed by atoms with Crippen LogP contribution in [0.15, 0.2) is 0 Å². The van der Waals surface area contributed by atoms with E-state index in [2.05, 4.69) is 31.0 Å². The number of hydrogen-bond donors (Lipinski definition) is 2. The highest BCUT2D eigenvalue weighted by Gasteiger charge is 2.29. The fourth-order valence-electron chi connectivity index (χ4n) is 3.03. The summed E-state index contributed by atoms with van der Waals surface area (Å²) in [6.07, 6.45) is 4.24. The van der Waals surface area contributed by atoms with Crippen LogP contribution >= 0.6 is 0 Å². The van der Waals surface area contributed by atoms with Crippen molar-refractivity contribution in [1.82, 2.24) is 10.2 Å². The van der Waals surface area contributed by atoms with Gasteiger partial charge in [0, 0.05) is 26.1 Å². The summed E-state index contributed by atoms with van der Waals surface area (Å²) in [7, 11) is 1.69. The van der Waals surface area contributed by atoms with Crippen molar-refractivity contribution in [3.63, 3.8) is 0 Å². The van der Waals surface area contributed by atoms with Crippen LogP contribution in [-0.4, -0.2) is 43.5 Å². The number of amides is 1. The Labute approximate surface area is 118 Å². The van der Waals surface area contributed by atoms with Crippen LogP contribution in [0.5, 0.6) is 0 Å². The lowest BCUT2D eigenvalue weighted by Crippen LogP contribution is -2.44. The van der Waals surface area contributed by atoms with Gasteiger partial charge in [-0.25, -0.2) is 0 Å². The van der Waals surface area contributed by atoms with Gasteiger partial charge in [-0.15, -0.1) is 0 Å². The first-order chi connectivity index (χ1) is 8.88. The molecule has 0 aromatic heterocycles. The molecule has 0 saturated carbocycles. The fourth-order valence-corrected chi connectivity index (χ4v) is 3.03. The molecule has 4 nitrogen and oxygen atoms in total. The molecule has 4 heteroatoms. The number of nitrogens with two attached hydrogens (primary N) is 1. The van der Waals surface area contributed by atoms with Gasteiger partial charge in [-0.3, -0.25) is 9.69 Å². The molecule has 1 rings (SSSR count). The van der Waals surface area contributed by atoms with Gasteiger partial charge in [0.2, 0.25) is 5.91 Å². The van der Waals surface area contributed by atoms with Gasteiger partial charge in [-0.05, 0) is 43.7 Å². The Kier molecular flexibility index (Phi) is 6.27. The molecule has 0 bridgehead atoms. The number of carbonyl (C=O) groups is 1. The lowest BCUT2D eigenvalue weighted by molar-refractivity contribution is -0.121. The molecular weight excluding hydrogens is 238 g/mol. The van der Waals surface area contributed by atoms with Gasteiger partial charge in [0.25, 0.3) is 0 Å². The minimum absolute atomic E-state index is 0.0899. The summed E-state index contributed by atoms with van der Waals surface area (Å²) in [4.78, 5) is 14.0. The molecule has 19 heavy (non-hydrogen) atoms. The highest BCUT2D eigenvalue weighted by atomic mass is 16.1. The maximum Gasteiger partial charge on any atom is 0.221 e. The second kappa shape index (κ2) is 7.25. The van der Waals surface area contributed by atoms with Crippen molar-refractivity contribution < 1.29 is 4.79 Å². The number of likely N-dealkylation sites (tertiary alicyclic amines) is 1. The molecule has 112 valence electrons. The van der Waals surface area contributed by atoms with E-state index < -0.39 is 0 Å². The largest absolute Gasteiger partial charge is 0.359 e. The van der Waals surface area contributed by atoms with E-state index in [-0.39, 0.29) is 11.9 Å². The van der Waals surface area contributed by atoms with Gasteiger partial charge in [0.15, 0.2) is 0 Å². The summed E-state index contributed by atoms with van der Waals surface area (Å²) in [5.74, 6) is 0.864. The SMILES string of the molecule is CNC(=O)CC(CN)N1CCCC(C(C)(C)C)CC1. The molecule has 3 N–H and O–H groups in total. The van der Waals surface area contributed by atoms with E-state index in [1.54, 1.807) is 7.05 Å². The van der Waals surface area contributed by atoms with E-state index in [9.17, 15) is 4.79 Å². The Morgan fingerprint density at radius 2 is 2.05 bits per heavy atom. The number of carbonyl (C=O) groups excluding carboxylic acids is 1. The number of hydrogen-bond acceptors (Lipinski definition) is 3. The topological polar surface area (TPSA) is 58.4 Å². The predicted molar refractivity (Wildman–Crippen MR) is 79.9 cm³/mol. The van der Waals surface area contributed by atoms with Crippen molar-refractivity contribution >= 4 is 5.91 Å². The van der Waals surface area contributed by atoms with Crippen LogP contribution in [0.2, 0.25) is 0 Å². The average molecular weight is 269 g/mol. The van der Waals surface area contributed by atoms with E-state index in [1.165, 1.54) is 19.3 Å². The predicted octanol–water partition coefficient (Wildman–Crippen LogP) is 1.60. The first-order valence-electron chi connectivity index (χ1n) is 7.53. The van der Waals surface area contributed by atoms with Crippen molar-refractivity contribution in [2.24, 2.45) is 17.1 Å². The molecular formula is C15H31N3O. The van der Waals surface area contributed by atoms with Gasteiger partial charge < -0.3 is 11.1 Å². The lowest BCUT2D eigenvalue weighted by atomic mass is 9.77. The Hall–Kier alpha value is -0.610. The van der Waals surface area contributed by atoms with E-state index in [0.29, 0.717) is 18.4 Å². The molecule has 1 aliphatic heterocycles. The molecule has 1 saturated heterocycles. The maximum absolute atomic E-state index is 11.5. The smallest absolute Gasteiger partial charge is 0.221 e. The molecule has 2 unspecified atom stereocenters. The lowest BCUT2D eigenvalue weighted by Gasteiger charge is -2.31. The quantitative estimate of drug-likeness (QED) is 0.815. The summed E-state index contributed by atoms with van der Waals surface area (Å²) in [6.45, 7) is 9.70. The van der Waals surface area contributed by atoms with Crippen LogP contribution in [0.1, 0.15) is 46.5 Å². The van der Waals surface area contributed by atoms with E-state index >= 15 is 0 Å². The zero-order chi connectivity index (χ0) is 14.5. The number of rotatable bonds is 4. The van der Waals surface area contributed by atoms with Crippen LogP contribution in [0.4, 0.5) is 0 Å². The van der Waals surface area contributed by atoms with Gasteiger partial charge in [-0.2, -0.15) is 0 Å². The van der Waals surface area contributed by atoms with Crippen molar-refractivity contribution in [2.45, 2.75) is 52.5 Å². The molecule has 0 aromatic carbocycles. The minimum atomic E-state index is 0.0899. The normalized spacial score (nSPS) is 23.7. The monoisotopic (exact) mass is 269 g/mol. The third-order valence-corrected chi connectivity index (χ3v) is 4.48. The van der Waals surface area contributed by atoms with Gasteiger partial charge >= 0.3 is 0 Å². The molecule has 0 radical (unpaired) electrons. The third-order valence-electron chi connectivity index (χ3n) is 4.48. The van der Waals surface area contributed by atoms with Crippen LogP contribution in [0.3, 0.4) is 0 Å². The standard InChI is InChI=1S/C15H31N3O/c1-15(2,3)12-6-5-8-18(9-7-12)13(11-16)10-14(19)17-4/h12-13H,5-11,16H2,1-4H3,(H,17,19). The minimum Gasteiger partial charge on any atom is -0.359 e. The van der Waals surface area contributed by atoms with E-state index in [1.807, 2.05) is 0 Å². The highest BCUT2D eigenvalue weighted by Crippen LogP contribution is 2.34. The van der Waals surface area contributed by atoms with E-state index in [0.717, 1.165) is 19.0 Å². The summed E-state index contributed by atoms with van der Waals surface area (Å²) < 4.78 is 0. The van der Waals surface area contributed by atoms with E-state index in [4.69, 9.17) is 5.73 Å². The summed E-state index contributed by atoms with van der Waals surface area (Å²) in [5, 5.41) is 2.70. The van der Waals surface area contributed by atoms with Crippen LogP contribution in [-0.2, 0) is 4.79 Å². The Morgan fingerprint density at radius 3 is 2.58 bits per heavy atom. The molecule has 1 amide bonds. The average Bonchev–Trinajstić information content (AvgIpc) is 2.60. The van der Waals surface area contributed by atoms with Crippen LogP contribution in [0, 0.1) is 11.3 Å². The Bertz CT molecular complexity index is 286. The molecule has 2 atom stereocenters. The summed E-state index contributed by atoms with van der Waals surface area (Å²) in [5.41, 5.74) is 6.24.